The van der Waals surface area contributed by atoms with Crippen LogP contribution in [-0.4, -0.2) is 39.5 Å². The third-order valence-electron chi connectivity index (χ3n) is 2.66. The molecular formula is C10H13Cl3N3O2P. The molecule has 0 bridgehead atoms. The summed E-state index contributed by atoms with van der Waals surface area (Å²) in [6.45, 7) is 1.78. The van der Waals surface area contributed by atoms with Crippen molar-refractivity contribution in [2.75, 3.05) is 31.4 Å². The lowest BCUT2D eigenvalue weighted by Gasteiger charge is -2.37. The molecule has 1 aliphatic heterocycles. The van der Waals surface area contributed by atoms with Crippen LogP contribution in [0, 0.1) is 0 Å². The highest BCUT2D eigenvalue weighted by Crippen LogP contribution is 2.66. The number of pyridine rings is 1. The summed E-state index contributed by atoms with van der Waals surface area (Å²) in [7, 11) is -3.46. The molecule has 1 saturated heterocycles. The molecule has 0 aromatic carbocycles. The van der Waals surface area contributed by atoms with E-state index in [1.807, 2.05) is 0 Å². The van der Waals surface area contributed by atoms with Gasteiger partial charge in [-0.15, -0.1) is 0 Å². The van der Waals surface area contributed by atoms with E-state index in [2.05, 4.69) is 10.1 Å². The minimum absolute atomic E-state index is 0.406. The highest BCUT2D eigenvalue weighted by molar-refractivity contribution is 7.70. The Morgan fingerprint density at radius 1 is 1.32 bits per heavy atom. The molecule has 5 nitrogen and oxygen atoms in total. The van der Waals surface area contributed by atoms with Gasteiger partial charge in [0.25, 0.3) is 11.0 Å². The fourth-order valence-corrected chi connectivity index (χ4v) is 4.81. The minimum atomic E-state index is -3.46. The summed E-state index contributed by atoms with van der Waals surface area (Å²) in [5, 5.41) is 2.78. The Kier molecular flexibility index (Phi) is 4.99. The largest absolute Gasteiger partial charge is 0.379 e. The van der Waals surface area contributed by atoms with Gasteiger partial charge in [-0.05, 0) is 12.1 Å². The summed E-state index contributed by atoms with van der Waals surface area (Å²) in [4.78, 5) is 4.05. The Bertz CT molecular complexity index is 463. The lowest BCUT2D eigenvalue weighted by atomic mass is 10.5. The Morgan fingerprint density at radius 2 is 2.00 bits per heavy atom. The molecule has 1 N–H and O–H groups in total. The van der Waals surface area contributed by atoms with Crippen LogP contribution in [0.5, 0.6) is 0 Å². The van der Waals surface area contributed by atoms with Crippen molar-refractivity contribution in [2.45, 2.75) is 3.53 Å². The maximum Gasteiger partial charge on any atom is 0.288 e. The van der Waals surface area contributed by atoms with Crippen LogP contribution in [0.4, 0.5) is 5.82 Å². The number of aromatic nitrogens is 1. The molecule has 106 valence electrons. The summed E-state index contributed by atoms with van der Waals surface area (Å²) in [6, 6.07) is 5.18. The molecule has 1 atom stereocenters. The van der Waals surface area contributed by atoms with E-state index in [-0.39, 0.29) is 0 Å². The number of morpholine rings is 1. The number of hydrogen-bond acceptors (Lipinski definition) is 3. The normalized spacial score (nSPS) is 20.8. The zero-order valence-electron chi connectivity index (χ0n) is 9.93. The number of rotatable bonds is 3. The number of halogens is 3. The maximum atomic E-state index is 13.1. The standard InChI is InChI=1S/C10H13Cl3N3O2P/c11-10(12,13)19(17,16-5-7-18-8-6-16)15-9-3-1-2-4-14-9/h1-4H,5-8H2,(H,14,15,17). The van der Waals surface area contributed by atoms with Gasteiger partial charge in [-0.1, -0.05) is 40.9 Å². The zero-order valence-corrected chi connectivity index (χ0v) is 13.1. The van der Waals surface area contributed by atoms with E-state index in [0.29, 0.717) is 32.1 Å². The van der Waals surface area contributed by atoms with Crippen molar-refractivity contribution in [1.82, 2.24) is 9.65 Å². The van der Waals surface area contributed by atoms with Crippen LogP contribution in [0.25, 0.3) is 0 Å². The number of alkyl halides is 3. The molecule has 1 aliphatic rings. The first-order chi connectivity index (χ1) is 8.93. The number of hydrogen-bond donors (Lipinski definition) is 1. The van der Waals surface area contributed by atoms with Crippen LogP contribution in [0.1, 0.15) is 0 Å². The van der Waals surface area contributed by atoms with Gasteiger partial charge < -0.3 is 9.82 Å². The lowest BCUT2D eigenvalue weighted by Crippen LogP contribution is -2.39. The summed E-state index contributed by atoms with van der Waals surface area (Å²) in [5.41, 5.74) is 0. The van der Waals surface area contributed by atoms with Crippen molar-refractivity contribution >= 4 is 48.1 Å². The van der Waals surface area contributed by atoms with Gasteiger partial charge in [-0.2, -0.15) is 0 Å². The van der Waals surface area contributed by atoms with Gasteiger partial charge in [0.2, 0.25) is 0 Å². The van der Waals surface area contributed by atoms with E-state index >= 15 is 0 Å². The Labute approximate surface area is 126 Å². The van der Waals surface area contributed by atoms with Gasteiger partial charge in [0.15, 0.2) is 0 Å². The Morgan fingerprint density at radius 3 is 2.53 bits per heavy atom. The first kappa shape index (κ1) is 15.4. The van der Waals surface area contributed by atoms with Gasteiger partial charge >= 0.3 is 0 Å². The van der Waals surface area contributed by atoms with Crippen molar-refractivity contribution in [2.24, 2.45) is 0 Å². The molecule has 0 saturated carbocycles. The smallest absolute Gasteiger partial charge is 0.288 e. The van der Waals surface area contributed by atoms with Crippen LogP contribution in [-0.2, 0) is 9.30 Å². The fourth-order valence-electron chi connectivity index (χ4n) is 1.71. The van der Waals surface area contributed by atoms with Gasteiger partial charge in [-0.25, -0.2) is 9.65 Å². The first-order valence-corrected chi connectivity index (χ1v) is 8.42. The SMILES string of the molecule is O=P(Nc1ccccn1)(N1CCOCC1)C(Cl)(Cl)Cl. The van der Waals surface area contributed by atoms with Crippen molar-refractivity contribution in [1.29, 1.82) is 0 Å². The summed E-state index contributed by atoms with van der Waals surface area (Å²) in [5.74, 6) is 0.406. The minimum Gasteiger partial charge on any atom is -0.379 e. The predicted octanol–water partition coefficient (Wildman–Crippen LogP) is 3.35. The second-order valence-corrected chi connectivity index (χ2v) is 9.62. The maximum absolute atomic E-state index is 13.1. The highest BCUT2D eigenvalue weighted by Gasteiger charge is 2.49. The molecule has 2 heterocycles. The van der Waals surface area contributed by atoms with Gasteiger partial charge in [-0.3, -0.25) is 4.57 Å². The van der Waals surface area contributed by atoms with E-state index in [9.17, 15) is 4.57 Å². The molecule has 0 amide bonds. The molecule has 0 radical (unpaired) electrons. The molecule has 19 heavy (non-hydrogen) atoms. The number of nitrogens with one attached hydrogen (secondary N) is 1. The monoisotopic (exact) mass is 343 g/mol. The molecule has 0 aliphatic carbocycles. The first-order valence-electron chi connectivity index (χ1n) is 5.63. The number of anilines is 1. The zero-order chi connectivity index (χ0) is 13.9. The van der Waals surface area contributed by atoms with Gasteiger partial charge in [0.1, 0.15) is 5.82 Å². The molecule has 2 rings (SSSR count). The summed E-state index contributed by atoms with van der Waals surface area (Å²) >= 11 is 17.8. The van der Waals surface area contributed by atoms with Crippen LogP contribution in [0.2, 0.25) is 0 Å². The Balaban J connectivity index is 2.27. The molecule has 1 fully saturated rings. The molecule has 1 aromatic heterocycles. The van der Waals surface area contributed by atoms with Crippen molar-refractivity contribution < 1.29 is 9.30 Å². The van der Waals surface area contributed by atoms with E-state index in [4.69, 9.17) is 39.5 Å². The lowest BCUT2D eigenvalue weighted by molar-refractivity contribution is 0.0722. The second kappa shape index (κ2) is 6.17. The molecule has 9 heteroatoms. The highest BCUT2D eigenvalue weighted by atomic mass is 35.6. The topological polar surface area (TPSA) is 54.5 Å². The van der Waals surface area contributed by atoms with Crippen LogP contribution >= 0.6 is 42.2 Å². The van der Waals surface area contributed by atoms with Crippen molar-refractivity contribution in [3.8, 4) is 0 Å². The summed E-state index contributed by atoms with van der Waals surface area (Å²) in [6.07, 6.45) is 1.57. The van der Waals surface area contributed by atoms with E-state index in [1.165, 1.54) is 0 Å². The van der Waals surface area contributed by atoms with Crippen molar-refractivity contribution in [3.05, 3.63) is 24.4 Å². The Hall–Kier alpha value is -0.0300. The fraction of sp³-hybridized carbons (Fsp3) is 0.500. The average Bonchev–Trinajstić information content (AvgIpc) is 2.39. The third kappa shape index (κ3) is 3.54. The summed E-state index contributed by atoms with van der Waals surface area (Å²) < 4.78 is 18.0. The van der Waals surface area contributed by atoms with E-state index < -0.39 is 11.0 Å². The van der Waals surface area contributed by atoms with Crippen LogP contribution < -0.4 is 5.09 Å². The van der Waals surface area contributed by atoms with Crippen molar-refractivity contribution in [3.63, 3.8) is 0 Å². The van der Waals surface area contributed by atoms with E-state index in [1.54, 1.807) is 29.1 Å². The van der Waals surface area contributed by atoms with Crippen LogP contribution in [0.15, 0.2) is 24.4 Å². The second-order valence-electron chi connectivity index (χ2n) is 3.94. The third-order valence-corrected chi connectivity index (χ3v) is 7.14. The van der Waals surface area contributed by atoms with Gasteiger partial charge in [0, 0.05) is 19.3 Å². The number of ether oxygens (including phenoxy) is 1. The predicted molar refractivity (Wildman–Crippen MR) is 78.1 cm³/mol. The number of nitrogens with zero attached hydrogens (tertiary/aromatic N) is 2. The molecular weight excluding hydrogens is 331 g/mol. The quantitative estimate of drug-likeness (QED) is 0.673. The van der Waals surface area contributed by atoms with E-state index in [0.717, 1.165) is 0 Å². The average molecular weight is 345 g/mol. The molecule has 1 aromatic rings. The van der Waals surface area contributed by atoms with Gasteiger partial charge in [0.05, 0.1) is 13.2 Å². The molecule has 1 unspecified atom stereocenters. The molecule has 0 spiro atoms. The van der Waals surface area contributed by atoms with Crippen LogP contribution in [0.3, 0.4) is 0 Å².